The number of rotatable bonds is 7. The minimum atomic E-state index is -0.565. The lowest BCUT2D eigenvalue weighted by atomic mass is 10.1. The molecule has 1 amide bonds. The van der Waals surface area contributed by atoms with Crippen LogP contribution in [0.5, 0.6) is 11.5 Å². The van der Waals surface area contributed by atoms with Crippen LogP contribution in [0, 0.1) is 10.1 Å². The summed E-state index contributed by atoms with van der Waals surface area (Å²) in [6.07, 6.45) is 0.580. The molecule has 0 saturated heterocycles. The van der Waals surface area contributed by atoms with Crippen molar-refractivity contribution in [1.82, 2.24) is 5.32 Å². The zero-order chi connectivity index (χ0) is 18.4. The molecular formula is C17H17ClN2O5. The summed E-state index contributed by atoms with van der Waals surface area (Å²) in [5, 5.41) is 13.5. The lowest BCUT2D eigenvalue weighted by Crippen LogP contribution is -2.26. The fraction of sp³-hybridized carbons (Fsp3) is 0.235. The second-order valence-corrected chi connectivity index (χ2v) is 5.52. The number of ether oxygens (including phenoxy) is 2. The molecule has 25 heavy (non-hydrogen) atoms. The van der Waals surface area contributed by atoms with Crippen LogP contribution < -0.4 is 14.8 Å². The second-order valence-electron chi connectivity index (χ2n) is 5.12. The van der Waals surface area contributed by atoms with E-state index in [1.54, 1.807) is 20.3 Å². The molecule has 7 nitrogen and oxygen atoms in total. The monoisotopic (exact) mass is 364 g/mol. The Hall–Kier alpha value is -2.80. The fourth-order valence-electron chi connectivity index (χ4n) is 2.25. The minimum absolute atomic E-state index is 0.0396. The molecule has 0 aliphatic rings. The second kappa shape index (κ2) is 8.34. The molecule has 2 rings (SSSR count). The van der Waals surface area contributed by atoms with E-state index in [4.69, 9.17) is 21.1 Å². The van der Waals surface area contributed by atoms with Crippen molar-refractivity contribution in [3.63, 3.8) is 0 Å². The van der Waals surface area contributed by atoms with Gasteiger partial charge in [0.05, 0.1) is 29.7 Å². The van der Waals surface area contributed by atoms with Crippen molar-refractivity contribution in [3.05, 3.63) is 62.7 Å². The van der Waals surface area contributed by atoms with E-state index in [1.807, 2.05) is 12.1 Å². The lowest BCUT2D eigenvalue weighted by Gasteiger charge is -2.10. The predicted octanol–water partition coefficient (Wildman–Crippen LogP) is 3.24. The third-order valence-electron chi connectivity index (χ3n) is 3.56. The molecule has 0 unspecified atom stereocenters. The molecule has 2 aromatic carbocycles. The summed E-state index contributed by atoms with van der Waals surface area (Å²) in [5.74, 6) is 0.859. The molecule has 0 aliphatic carbocycles. The number of nitro groups is 1. The van der Waals surface area contributed by atoms with Gasteiger partial charge in [0.15, 0.2) is 11.5 Å². The summed E-state index contributed by atoms with van der Waals surface area (Å²) in [6.45, 7) is 0.377. The standard InChI is InChI=1S/C17H17ClN2O5/c1-24-15-6-3-11(9-16(15)25-2)7-8-19-17(21)13-5-4-12(20(22)23)10-14(13)18/h3-6,9-10H,7-8H2,1-2H3,(H,19,21). The minimum Gasteiger partial charge on any atom is -0.493 e. The van der Waals surface area contributed by atoms with E-state index in [0.29, 0.717) is 24.5 Å². The van der Waals surface area contributed by atoms with Crippen LogP contribution >= 0.6 is 11.6 Å². The van der Waals surface area contributed by atoms with Crippen molar-refractivity contribution < 1.29 is 19.2 Å². The van der Waals surface area contributed by atoms with Crippen molar-refractivity contribution >= 4 is 23.2 Å². The average Bonchev–Trinajstić information content (AvgIpc) is 2.61. The Morgan fingerprint density at radius 2 is 1.88 bits per heavy atom. The molecule has 0 spiro atoms. The Labute approximate surface area is 149 Å². The van der Waals surface area contributed by atoms with Crippen LogP contribution in [0.1, 0.15) is 15.9 Å². The summed E-state index contributed by atoms with van der Waals surface area (Å²) in [4.78, 5) is 22.3. The predicted molar refractivity (Wildman–Crippen MR) is 93.7 cm³/mol. The molecule has 0 bridgehead atoms. The number of hydrogen-bond donors (Lipinski definition) is 1. The van der Waals surface area contributed by atoms with Gasteiger partial charge in [0.1, 0.15) is 0 Å². The van der Waals surface area contributed by atoms with E-state index in [0.717, 1.165) is 11.6 Å². The fourth-order valence-corrected chi connectivity index (χ4v) is 2.51. The summed E-state index contributed by atoms with van der Waals surface area (Å²) >= 11 is 5.94. The maximum absolute atomic E-state index is 12.2. The molecule has 0 fully saturated rings. The first-order chi connectivity index (χ1) is 12.0. The molecule has 0 saturated carbocycles. The molecule has 2 aromatic rings. The van der Waals surface area contributed by atoms with Gasteiger partial charge in [-0.3, -0.25) is 14.9 Å². The summed E-state index contributed by atoms with van der Waals surface area (Å²) < 4.78 is 10.4. The van der Waals surface area contributed by atoms with Crippen molar-refractivity contribution in [2.24, 2.45) is 0 Å². The number of hydrogen-bond acceptors (Lipinski definition) is 5. The van der Waals surface area contributed by atoms with Crippen LogP contribution in [0.3, 0.4) is 0 Å². The van der Waals surface area contributed by atoms with Crippen LogP contribution in [0.25, 0.3) is 0 Å². The van der Waals surface area contributed by atoms with E-state index >= 15 is 0 Å². The van der Waals surface area contributed by atoms with Crippen LogP contribution in [0.4, 0.5) is 5.69 Å². The van der Waals surface area contributed by atoms with Gasteiger partial charge < -0.3 is 14.8 Å². The Kier molecular flexibility index (Phi) is 6.19. The number of nitro benzene ring substituents is 1. The summed E-state index contributed by atoms with van der Waals surface area (Å²) in [5.41, 5.74) is 0.999. The van der Waals surface area contributed by atoms with E-state index in [2.05, 4.69) is 5.32 Å². The number of nitrogens with zero attached hydrogens (tertiary/aromatic N) is 1. The quantitative estimate of drug-likeness (QED) is 0.601. The molecule has 0 atom stereocenters. The number of halogens is 1. The highest BCUT2D eigenvalue weighted by atomic mass is 35.5. The van der Waals surface area contributed by atoms with Gasteiger partial charge in [-0.05, 0) is 30.2 Å². The maximum atomic E-state index is 12.2. The molecule has 1 N–H and O–H groups in total. The Bertz CT molecular complexity index is 795. The highest BCUT2D eigenvalue weighted by Crippen LogP contribution is 2.27. The third-order valence-corrected chi connectivity index (χ3v) is 3.87. The van der Waals surface area contributed by atoms with E-state index in [-0.39, 0.29) is 22.2 Å². The highest BCUT2D eigenvalue weighted by molar-refractivity contribution is 6.34. The van der Waals surface area contributed by atoms with Gasteiger partial charge in [0.2, 0.25) is 0 Å². The van der Waals surface area contributed by atoms with Gasteiger partial charge in [0, 0.05) is 18.7 Å². The summed E-state index contributed by atoms with van der Waals surface area (Å²) in [6, 6.07) is 9.26. The number of carbonyl (C=O) groups is 1. The van der Waals surface area contributed by atoms with Gasteiger partial charge in [-0.15, -0.1) is 0 Å². The molecule has 0 aliphatic heterocycles. The van der Waals surface area contributed by atoms with Crippen LogP contribution in [-0.4, -0.2) is 31.6 Å². The number of non-ortho nitro benzene ring substituents is 1. The van der Waals surface area contributed by atoms with E-state index in [1.165, 1.54) is 12.1 Å². The summed E-state index contributed by atoms with van der Waals surface area (Å²) in [7, 11) is 3.12. The van der Waals surface area contributed by atoms with Gasteiger partial charge in [-0.2, -0.15) is 0 Å². The van der Waals surface area contributed by atoms with Crippen LogP contribution in [0.2, 0.25) is 5.02 Å². The Morgan fingerprint density at radius 3 is 2.48 bits per heavy atom. The zero-order valence-electron chi connectivity index (χ0n) is 13.7. The van der Waals surface area contributed by atoms with Crippen LogP contribution in [-0.2, 0) is 6.42 Å². The zero-order valence-corrected chi connectivity index (χ0v) is 14.5. The molecule has 132 valence electrons. The molecule has 0 aromatic heterocycles. The van der Waals surface area contributed by atoms with Crippen molar-refractivity contribution in [3.8, 4) is 11.5 Å². The largest absolute Gasteiger partial charge is 0.493 e. The Morgan fingerprint density at radius 1 is 1.16 bits per heavy atom. The van der Waals surface area contributed by atoms with Crippen LogP contribution in [0.15, 0.2) is 36.4 Å². The molecule has 8 heteroatoms. The number of amides is 1. The van der Waals surface area contributed by atoms with E-state index < -0.39 is 4.92 Å². The smallest absolute Gasteiger partial charge is 0.270 e. The van der Waals surface area contributed by atoms with Crippen molar-refractivity contribution in [2.75, 3.05) is 20.8 Å². The third kappa shape index (κ3) is 4.60. The Balaban J connectivity index is 1.98. The number of nitrogens with one attached hydrogen (secondary N) is 1. The SMILES string of the molecule is COc1ccc(CCNC(=O)c2ccc([N+](=O)[O-])cc2Cl)cc1OC. The van der Waals surface area contributed by atoms with Crippen molar-refractivity contribution in [2.45, 2.75) is 6.42 Å². The van der Waals surface area contributed by atoms with Gasteiger partial charge in [-0.25, -0.2) is 0 Å². The number of carbonyl (C=O) groups excluding carboxylic acids is 1. The van der Waals surface area contributed by atoms with Gasteiger partial charge in [0.25, 0.3) is 11.6 Å². The first-order valence-corrected chi connectivity index (χ1v) is 7.77. The van der Waals surface area contributed by atoms with E-state index in [9.17, 15) is 14.9 Å². The highest BCUT2D eigenvalue weighted by Gasteiger charge is 2.14. The molecule has 0 radical (unpaired) electrons. The van der Waals surface area contributed by atoms with Gasteiger partial charge >= 0.3 is 0 Å². The molecular weight excluding hydrogens is 348 g/mol. The van der Waals surface area contributed by atoms with Gasteiger partial charge in [-0.1, -0.05) is 17.7 Å². The lowest BCUT2D eigenvalue weighted by molar-refractivity contribution is -0.384. The molecule has 0 heterocycles. The van der Waals surface area contributed by atoms with Crippen molar-refractivity contribution in [1.29, 1.82) is 0 Å². The number of benzene rings is 2. The normalized spacial score (nSPS) is 10.2. The first-order valence-electron chi connectivity index (χ1n) is 7.39. The first kappa shape index (κ1) is 18.5. The number of methoxy groups -OCH3 is 2. The maximum Gasteiger partial charge on any atom is 0.270 e. The topological polar surface area (TPSA) is 90.7 Å². The average molecular weight is 365 g/mol.